The Balaban J connectivity index is -0.0000000450. The molecule has 0 unspecified atom stereocenters. The standard InChI is InChI=1S/Co.Na.H2O3Se.H/c;;1-4(2)3;/h;;(H2,1,2,3);. The first-order valence-corrected chi connectivity index (χ1v) is 2.76. The van der Waals surface area contributed by atoms with Crippen molar-refractivity contribution in [1.29, 1.82) is 0 Å². The SMILES string of the molecule is O=[Se](O)O.[Co].[NaH]. The van der Waals surface area contributed by atoms with Crippen molar-refractivity contribution in [3.63, 3.8) is 0 Å². The van der Waals surface area contributed by atoms with Crippen molar-refractivity contribution in [1.82, 2.24) is 0 Å². The minimum atomic E-state index is -3.29. The molecule has 0 fully saturated rings. The van der Waals surface area contributed by atoms with Gasteiger partial charge in [0.1, 0.15) is 0 Å². The van der Waals surface area contributed by atoms with Crippen LogP contribution in [0.4, 0.5) is 0 Å². The molecule has 3 nitrogen and oxygen atoms in total. The molecule has 0 atom stereocenters. The van der Waals surface area contributed by atoms with E-state index in [1.54, 1.807) is 0 Å². The Morgan fingerprint density at radius 2 is 1.33 bits per heavy atom. The average molecular weight is 212 g/mol. The maximum absolute atomic E-state index is 8.76. The van der Waals surface area contributed by atoms with Crippen molar-refractivity contribution >= 4 is 44.0 Å². The molecule has 0 aromatic rings. The van der Waals surface area contributed by atoms with Crippen LogP contribution in [-0.4, -0.2) is 52.4 Å². The summed E-state index contributed by atoms with van der Waals surface area (Å²) >= 11 is -3.29. The predicted octanol–water partition coefficient (Wildman–Crippen LogP) is -2.26. The van der Waals surface area contributed by atoms with Crippen molar-refractivity contribution in [2.24, 2.45) is 0 Å². The van der Waals surface area contributed by atoms with Gasteiger partial charge in [0.25, 0.3) is 0 Å². The zero-order chi connectivity index (χ0) is 3.58. The Hall–Kier alpha value is 1.75. The van der Waals surface area contributed by atoms with Crippen LogP contribution < -0.4 is 0 Å². The molecule has 6 heavy (non-hydrogen) atoms. The summed E-state index contributed by atoms with van der Waals surface area (Å²) in [7, 11) is 0. The van der Waals surface area contributed by atoms with E-state index in [1.807, 2.05) is 0 Å². The zero-order valence-corrected chi connectivity index (χ0v) is 4.80. The maximum atomic E-state index is 8.76. The molecule has 0 saturated carbocycles. The third kappa shape index (κ3) is 42.5. The Morgan fingerprint density at radius 3 is 1.33 bits per heavy atom. The Kier molecular flexibility index (Phi) is 25.8. The number of hydrogen-bond donors (Lipinski definition) is 2. The van der Waals surface area contributed by atoms with Crippen molar-refractivity contribution in [3.05, 3.63) is 0 Å². The fourth-order valence-corrected chi connectivity index (χ4v) is 0. The second kappa shape index (κ2) is 9.89. The van der Waals surface area contributed by atoms with Crippen LogP contribution in [0, 0.1) is 0 Å². The molecule has 37 valence electrons. The van der Waals surface area contributed by atoms with E-state index in [4.69, 9.17) is 12.2 Å². The normalized spacial score (nSPS) is 5.83. The van der Waals surface area contributed by atoms with Gasteiger partial charge in [-0.05, 0) is 0 Å². The van der Waals surface area contributed by atoms with Gasteiger partial charge < -0.3 is 0 Å². The molecule has 0 rings (SSSR count). The summed E-state index contributed by atoms with van der Waals surface area (Å²) in [5.41, 5.74) is 0. The van der Waals surface area contributed by atoms with Crippen molar-refractivity contribution < 1.29 is 29.0 Å². The summed E-state index contributed by atoms with van der Waals surface area (Å²) in [6, 6.07) is 0. The Morgan fingerprint density at radius 1 is 1.33 bits per heavy atom. The molecule has 0 aliphatic rings. The van der Waals surface area contributed by atoms with Gasteiger partial charge in [0.2, 0.25) is 0 Å². The van der Waals surface area contributed by atoms with E-state index in [2.05, 4.69) is 0 Å². The average Bonchev–Trinajstić information content (AvgIpc) is 0.811. The first-order chi connectivity index (χ1) is 1.73. The Labute approximate surface area is 72.3 Å². The van der Waals surface area contributed by atoms with Crippen LogP contribution in [0.1, 0.15) is 0 Å². The van der Waals surface area contributed by atoms with Gasteiger partial charge >= 0.3 is 56.3 Å². The van der Waals surface area contributed by atoms with Crippen LogP contribution in [0.3, 0.4) is 0 Å². The number of hydrogen-bond acceptors (Lipinski definition) is 1. The summed E-state index contributed by atoms with van der Waals surface area (Å²) in [6.45, 7) is 0. The van der Waals surface area contributed by atoms with Crippen molar-refractivity contribution in [3.8, 4) is 0 Å². The topological polar surface area (TPSA) is 57.5 Å². The molecule has 0 aliphatic heterocycles. The fourth-order valence-electron chi connectivity index (χ4n) is 0. The zero-order valence-electron chi connectivity index (χ0n) is 2.04. The van der Waals surface area contributed by atoms with E-state index in [9.17, 15) is 0 Å². The molecule has 0 aliphatic carbocycles. The monoisotopic (exact) mass is 213 g/mol. The molecule has 0 heterocycles. The molecule has 0 aromatic heterocycles. The van der Waals surface area contributed by atoms with Crippen LogP contribution in [-0.2, 0) is 20.6 Å². The van der Waals surface area contributed by atoms with Crippen LogP contribution in [0.2, 0.25) is 0 Å². The van der Waals surface area contributed by atoms with Gasteiger partial charge in [-0.15, -0.1) is 0 Å². The third-order valence-corrected chi connectivity index (χ3v) is 0. The van der Waals surface area contributed by atoms with E-state index < -0.39 is 14.5 Å². The molecule has 0 aromatic carbocycles. The van der Waals surface area contributed by atoms with E-state index in [0.29, 0.717) is 0 Å². The minimum absolute atomic E-state index is 0. The summed E-state index contributed by atoms with van der Waals surface area (Å²) in [5.74, 6) is 0. The summed E-state index contributed by atoms with van der Waals surface area (Å²) in [4.78, 5) is 0. The van der Waals surface area contributed by atoms with E-state index >= 15 is 0 Å². The van der Waals surface area contributed by atoms with Crippen LogP contribution in [0.5, 0.6) is 0 Å². The van der Waals surface area contributed by atoms with Crippen molar-refractivity contribution in [2.45, 2.75) is 0 Å². The summed E-state index contributed by atoms with van der Waals surface area (Å²) in [5, 5.41) is 0. The van der Waals surface area contributed by atoms with E-state index in [0.717, 1.165) is 0 Å². The van der Waals surface area contributed by atoms with Gasteiger partial charge in [-0.2, -0.15) is 0 Å². The van der Waals surface area contributed by atoms with Crippen molar-refractivity contribution in [2.75, 3.05) is 0 Å². The van der Waals surface area contributed by atoms with Crippen LogP contribution in [0.25, 0.3) is 0 Å². The molecule has 0 saturated heterocycles. The molecule has 0 spiro atoms. The van der Waals surface area contributed by atoms with Gasteiger partial charge in [-0.1, -0.05) is 0 Å². The Bertz CT molecular complexity index is 33.8. The summed E-state index contributed by atoms with van der Waals surface area (Å²) in [6.07, 6.45) is 0. The molecule has 1 radical (unpaired) electrons. The van der Waals surface area contributed by atoms with Gasteiger partial charge in [-0.25, -0.2) is 0 Å². The van der Waals surface area contributed by atoms with E-state index in [1.165, 1.54) is 0 Å². The van der Waals surface area contributed by atoms with Gasteiger partial charge in [-0.3, -0.25) is 0 Å². The predicted molar refractivity (Wildman–Crippen MR) is 18.0 cm³/mol. The van der Waals surface area contributed by atoms with Crippen LogP contribution >= 0.6 is 0 Å². The molecule has 0 amide bonds. The molecule has 2 N–H and O–H groups in total. The van der Waals surface area contributed by atoms with Gasteiger partial charge in [0.05, 0.1) is 0 Å². The first-order valence-electron chi connectivity index (χ1n) is 0.532. The second-order valence-electron chi connectivity index (χ2n) is 0.231. The van der Waals surface area contributed by atoms with E-state index in [-0.39, 0.29) is 46.3 Å². The summed E-state index contributed by atoms with van der Waals surface area (Å²) < 4.78 is 23.1. The molecule has 6 heteroatoms. The fraction of sp³-hybridized carbons (Fsp3) is 0. The van der Waals surface area contributed by atoms with Gasteiger partial charge in [0.15, 0.2) is 0 Å². The number of rotatable bonds is 0. The van der Waals surface area contributed by atoms with Crippen LogP contribution in [0.15, 0.2) is 0 Å². The molecule has 0 bridgehead atoms. The first kappa shape index (κ1) is 15.7. The quantitative estimate of drug-likeness (QED) is 0.445. The third-order valence-electron chi connectivity index (χ3n) is 0. The molecular formula is H3CoNaO3Se. The molecular weight excluding hydrogens is 209 g/mol. The second-order valence-corrected chi connectivity index (χ2v) is 1.20. The van der Waals surface area contributed by atoms with Gasteiger partial charge in [0, 0.05) is 16.8 Å².